The topological polar surface area (TPSA) is 63.2 Å². The van der Waals surface area contributed by atoms with Gasteiger partial charge in [-0.05, 0) is 38.5 Å². The molecule has 0 aromatic carbocycles. The third kappa shape index (κ3) is 8.19. The fourth-order valence-electron chi connectivity index (χ4n) is 1.47. The van der Waals surface area contributed by atoms with Crippen molar-refractivity contribution in [3.05, 3.63) is 30.1 Å². The van der Waals surface area contributed by atoms with Crippen LogP contribution in [0.25, 0.3) is 0 Å². The van der Waals surface area contributed by atoms with Gasteiger partial charge in [-0.3, -0.25) is 4.98 Å². The number of halogens is 2. The van der Waals surface area contributed by atoms with Gasteiger partial charge in [0.05, 0.1) is 13.1 Å². The smallest absolute Gasteiger partial charge is 0.407 e. The number of amides is 1. The molecule has 0 fully saturated rings. The third-order valence-electron chi connectivity index (χ3n) is 2.35. The summed E-state index contributed by atoms with van der Waals surface area (Å²) in [6.45, 7) is 4.00. The van der Waals surface area contributed by atoms with Crippen LogP contribution in [0.1, 0.15) is 26.3 Å². The molecule has 0 aliphatic carbocycles. The average Bonchev–Trinajstić information content (AvgIpc) is 2.36. The molecule has 0 atom stereocenters. The Morgan fingerprint density at radius 1 is 1.24 bits per heavy atom. The number of hydrogen-bond acceptors (Lipinski definition) is 4. The van der Waals surface area contributed by atoms with Gasteiger partial charge < -0.3 is 15.4 Å². The van der Waals surface area contributed by atoms with Crippen molar-refractivity contribution >= 4 is 6.09 Å². The maximum absolute atomic E-state index is 13.6. The molecule has 0 aliphatic heterocycles. The van der Waals surface area contributed by atoms with Gasteiger partial charge in [0.1, 0.15) is 5.60 Å². The number of ether oxygens (including phenoxy) is 1. The van der Waals surface area contributed by atoms with Gasteiger partial charge in [-0.15, -0.1) is 0 Å². The second-order valence-corrected chi connectivity index (χ2v) is 5.67. The van der Waals surface area contributed by atoms with Crippen LogP contribution in [0.3, 0.4) is 0 Å². The Morgan fingerprint density at radius 3 is 2.43 bits per heavy atom. The fourth-order valence-corrected chi connectivity index (χ4v) is 1.47. The highest BCUT2D eigenvalue weighted by Crippen LogP contribution is 2.12. The van der Waals surface area contributed by atoms with Crippen molar-refractivity contribution in [3.8, 4) is 0 Å². The van der Waals surface area contributed by atoms with Crippen molar-refractivity contribution in [1.82, 2.24) is 15.6 Å². The highest BCUT2D eigenvalue weighted by atomic mass is 19.3. The van der Waals surface area contributed by atoms with Crippen LogP contribution in [0, 0.1) is 0 Å². The number of nitrogens with zero attached hydrogens (tertiary/aromatic N) is 1. The Kier molecular flexibility index (Phi) is 6.02. The molecule has 0 bridgehead atoms. The fraction of sp³-hybridized carbons (Fsp3) is 0.571. The minimum absolute atomic E-state index is 0.310. The summed E-state index contributed by atoms with van der Waals surface area (Å²) in [7, 11) is 0. The maximum Gasteiger partial charge on any atom is 0.407 e. The second-order valence-electron chi connectivity index (χ2n) is 5.67. The van der Waals surface area contributed by atoms with E-state index < -0.39 is 30.7 Å². The molecule has 1 amide bonds. The van der Waals surface area contributed by atoms with Gasteiger partial charge in [0.2, 0.25) is 0 Å². The zero-order chi connectivity index (χ0) is 15.9. The molecular weight excluding hydrogens is 280 g/mol. The molecule has 0 saturated carbocycles. The highest BCUT2D eigenvalue weighted by Gasteiger charge is 2.30. The molecule has 0 radical (unpaired) electrons. The summed E-state index contributed by atoms with van der Waals surface area (Å²) in [5, 5.41) is 4.71. The van der Waals surface area contributed by atoms with Crippen LogP contribution in [0.4, 0.5) is 13.6 Å². The lowest BCUT2D eigenvalue weighted by Crippen LogP contribution is -2.44. The van der Waals surface area contributed by atoms with E-state index in [1.54, 1.807) is 45.3 Å². The average molecular weight is 301 g/mol. The number of carbonyl (C=O) groups excluding carboxylic acids is 1. The van der Waals surface area contributed by atoms with Crippen molar-refractivity contribution in [2.75, 3.05) is 13.1 Å². The summed E-state index contributed by atoms with van der Waals surface area (Å²) in [6.07, 6.45) is 2.34. The molecule has 1 aromatic rings. The summed E-state index contributed by atoms with van der Waals surface area (Å²) in [5.41, 5.74) is 0.153. The zero-order valence-corrected chi connectivity index (χ0v) is 12.5. The van der Waals surface area contributed by atoms with Crippen molar-refractivity contribution < 1.29 is 18.3 Å². The molecule has 1 aromatic heterocycles. The first kappa shape index (κ1) is 17.3. The van der Waals surface area contributed by atoms with Crippen LogP contribution in [-0.4, -0.2) is 35.7 Å². The minimum Gasteiger partial charge on any atom is -0.444 e. The highest BCUT2D eigenvalue weighted by molar-refractivity contribution is 5.67. The Morgan fingerprint density at radius 2 is 1.86 bits per heavy atom. The number of alkyl carbamates (subject to hydrolysis) is 1. The summed E-state index contributed by atoms with van der Waals surface area (Å²) >= 11 is 0. The van der Waals surface area contributed by atoms with E-state index in [2.05, 4.69) is 15.6 Å². The van der Waals surface area contributed by atoms with E-state index in [1.807, 2.05) is 0 Å². The molecule has 118 valence electrons. The SMILES string of the molecule is CC(C)(C)OC(=O)NCC(F)(F)CNCc1ccncc1. The minimum atomic E-state index is -3.05. The van der Waals surface area contributed by atoms with E-state index in [9.17, 15) is 13.6 Å². The lowest BCUT2D eigenvalue weighted by atomic mass is 10.2. The van der Waals surface area contributed by atoms with Crippen LogP contribution in [0.15, 0.2) is 24.5 Å². The predicted molar refractivity (Wildman–Crippen MR) is 75.1 cm³/mol. The molecule has 0 unspecified atom stereocenters. The van der Waals surface area contributed by atoms with E-state index in [-0.39, 0.29) is 0 Å². The maximum atomic E-state index is 13.6. The monoisotopic (exact) mass is 301 g/mol. The van der Waals surface area contributed by atoms with E-state index in [4.69, 9.17) is 4.74 Å². The van der Waals surface area contributed by atoms with E-state index >= 15 is 0 Å². The second kappa shape index (κ2) is 7.31. The lowest BCUT2D eigenvalue weighted by molar-refractivity contribution is -0.00376. The van der Waals surface area contributed by atoms with Gasteiger partial charge >= 0.3 is 6.09 Å². The van der Waals surface area contributed by atoms with Gasteiger partial charge in [-0.25, -0.2) is 13.6 Å². The first-order valence-electron chi connectivity index (χ1n) is 6.62. The van der Waals surface area contributed by atoms with Crippen molar-refractivity contribution in [1.29, 1.82) is 0 Å². The summed E-state index contributed by atoms with van der Waals surface area (Å²) in [4.78, 5) is 15.1. The van der Waals surface area contributed by atoms with Gasteiger partial charge in [0, 0.05) is 18.9 Å². The zero-order valence-electron chi connectivity index (χ0n) is 12.5. The van der Waals surface area contributed by atoms with Gasteiger partial charge in [-0.1, -0.05) is 0 Å². The molecule has 0 spiro atoms. The van der Waals surface area contributed by atoms with Crippen molar-refractivity contribution in [2.24, 2.45) is 0 Å². The van der Waals surface area contributed by atoms with Crippen LogP contribution < -0.4 is 10.6 Å². The Hall–Kier alpha value is -1.76. The van der Waals surface area contributed by atoms with Crippen molar-refractivity contribution in [2.45, 2.75) is 38.8 Å². The molecule has 5 nitrogen and oxygen atoms in total. The van der Waals surface area contributed by atoms with Gasteiger partial charge in [0.15, 0.2) is 0 Å². The number of carbonyl (C=O) groups is 1. The number of rotatable bonds is 6. The van der Waals surface area contributed by atoms with E-state index in [0.29, 0.717) is 6.54 Å². The molecule has 0 saturated heterocycles. The molecule has 0 aliphatic rings. The predicted octanol–water partition coefficient (Wildman–Crippen LogP) is 2.33. The number of alkyl halides is 2. The first-order valence-corrected chi connectivity index (χ1v) is 6.62. The Bertz CT molecular complexity index is 447. The van der Waals surface area contributed by atoms with E-state index in [1.165, 1.54) is 0 Å². The molecular formula is C14H21F2N3O2. The lowest BCUT2D eigenvalue weighted by Gasteiger charge is -2.22. The molecule has 21 heavy (non-hydrogen) atoms. The number of aromatic nitrogens is 1. The summed E-state index contributed by atoms with van der Waals surface area (Å²) in [5.74, 6) is -3.05. The summed E-state index contributed by atoms with van der Waals surface area (Å²) in [6, 6.07) is 3.48. The van der Waals surface area contributed by atoms with Gasteiger partial charge in [-0.2, -0.15) is 0 Å². The quantitative estimate of drug-likeness (QED) is 0.846. The molecule has 2 N–H and O–H groups in total. The van der Waals surface area contributed by atoms with Crippen LogP contribution >= 0.6 is 0 Å². The van der Waals surface area contributed by atoms with Crippen LogP contribution in [0.2, 0.25) is 0 Å². The number of hydrogen-bond donors (Lipinski definition) is 2. The third-order valence-corrected chi connectivity index (χ3v) is 2.35. The molecule has 1 rings (SSSR count). The van der Waals surface area contributed by atoms with Crippen molar-refractivity contribution in [3.63, 3.8) is 0 Å². The standard InChI is InChI=1S/C14H21F2N3O2/c1-13(2,3)21-12(20)19-10-14(15,16)9-18-8-11-4-6-17-7-5-11/h4-7,18H,8-10H2,1-3H3,(H,19,20). The number of pyridine rings is 1. The Labute approximate surface area is 123 Å². The Balaban J connectivity index is 2.28. The van der Waals surface area contributed by atoms with Crippen LogP contribution in [-0.2, 0) is 11.3 Å². The largest absolute Gasteiger partial charge is 0.444 e. The first-order chi connectivity index (χ1) is 9.68. The van der Waals surface area contributed by atoms with E-state index in [0.717, 1.165) is 5.56 Å². The van der Waals surface area contributed by atoms with Crippen LogP contribution in [0.5, 0.6) is 0 Å². The molecule has 7 heteroatoms. The normalized spacial score (nSPS) is 12.0. The van der Waals surface area contributed by atoms with Gasteiger partial charge in [0.25, 0.3) is 5.92 Å². The molecule has 1 heterocycles. The summed E-state index contributed by atoms with van der Waals surface area (Å²) < 4.78 is 32.0. The number of nitrogens with one attached hydrogen (secondary N) is 2.